The molecule has 1 rings (SSSR count). The summed E-state index contributed by atoms with van der Waals surface area (Å²) < 4.78 is 22.1. The third-order valence-electron chi connectivity index (χ3n) is 1.76. The van der Waals surface area contributed by atoms with Crippen LogP contribution in [0.15, 0.2) is 0 Å². The van der Waals surface area contributed by atoms with E-state index in [2.05, 4.69) is 5.32 Å². The minimum atomic E-state index is -2.98. The molecule has 5 heteroatoms. The molecule has 1 saturated heterocycles. The molecule has 0 amide bonds. The molecule has 0 atom stereocenters. The molecule has 1 aliphatic rings. The van der Waals surface area contributed by atoms with Crippen molar-refractivity contribution in [2.45, 2.75) is 0 Å². The van der Waals surface area contributed by atoms with Crippen molar-refractivity contribution in [3.8, 4) is 0 Å². The van der Waals surface area contributed by atoms with Crippen molar-refractivity contribution in [1.29, 1.82) is 0 Å². The summed E-state index contributed by atoms with van der Waals surface area (Å²) in [6.07, 6.45) is 0. The Kier molecular flexibility index (Phi) is 2.86. The number of nitrogens with one attached hydrogen (secondary N) is 1. The van der Waals surface area contributed by atoms with Crippen LogP contribution in [0.3, 0.4) is 0 Å². The van der Waals surface area contributed by atoms with E-state index in [1.54, 1.807) is 0 Å². The zero-order chi connectivity index (χ0) is 8.32. The highest BCUT2D eigenvalue weighted by molar-refractivity contribution is 7.91. The Labute approximate surface area is 66.5 Å². The Morgan fingerprint density at radius 2 is 2.09 bits per heavy atom. The lowest BCUT2D eigenvalue weighted by molar-refractivity contribution is 0.318. The van der Waals surface area contributed by atoms with Gasteiger partial charge in [0, 0.05) is 13.1 Å². The average Bonchev–Trinajstić information content (AvgIpc) is 1.79. The van der Waals surface area contributed by atoms with Gasteiger partial charge in [-0.05, 0) is 5.92 Å². The lowest BCUT2D eigenvalue weighted by Crippen LogP contribution is -2.46. The molecule has 0 aromatic heterocycles. The van der Waals surface area contributed by atoms with Gasteiger partial charge < -0.3 is 10.4 Å². The lowest BCUT2D eigenvalue weighted by atomic mass is 10.1. The van der Waals surface area contributed by atoms with Crippen molar-refractivity contribution in [2.24, 2.45) is 5.92 Å². The minimum Gasteiger partial charge on any atom is -0.395 e. The van der Waals surface area contributed by atoms with E-state index in [0.717, 1.165) is 13.1 Å². The van der Waals surface area contributed by atoms with Crippen LogP contribution in [0.1, 0.15) is 0 Å². The molecule has 0 aliphatic carbocycles. The minimum absolute atomic E-state index is 0.0937. The highest BCUT2D eigenvalue weighted by Crippen LogP contribution is 2.06. The van der Waals surface area contributed by atoms with Crippen molar-refractivity contribution in [1.82, 2.24) is 5.32 Å². The molecule has 2 N–H and O–H groups in total. The van der Waals surface area contributed by atoms with Crippen LogP contribution in [-0.4, -0.2) is 44.7 Å². The molecule has 0 bridgehead atoms. The maximum absolute atomic E-state index is 11.0. The largest absolute Gasteiger partial charge is 0.395 e. The van der Waals surface area contributed by atoms with Crippen LogP contribution in [-0.2, 0) is 9.84 Å². The fourth-order valence-corrected chi connectivity index (χ4v) is 2.45. The normalized spacial score (nSPS) is 19.7. The van der Waals surface area contributed by atoms with Gasteiger partial charge in [0.1, 0.15) is 0 Å². The molecule has 1 heterocycles. The molecular formula is C6H13NO3S. The second-order valence-corrected chi connectivity index (χ2v) is 5.09. The zero-order valence-corrected chi connectivity index (χ0v) is 7.10. The van der Waals surface area contributed by atoms with E-state index in [0.29, 0.717) is 0 Å². The van der Waals surface area contributed by atoms with Crippen molar-refractivity contribution >= 4 is 9.84 Å². The van der Waals surface area contributed by atoms with Crippen molar-refractivity contribution in [2.75, 3.05) is 31.2 Å². The predicted molar refractivity (Wildman–Crippen MR) is 42.1 cm³/mol. The van der Waals surface area contributed by atoms with Crippen molar-refractivity contribution in [3.63, 3.8) is 0 Å². The van der Waals surface area contributed by atoms with Crippen LogP contribution in [0.25, 0.3) is 0 Å². The number of sulfone groups is 1. The predicted octanol–water partition coefficient (Wildman–Crippen LogP) is -1.39. The smallest absolute Gasteiger partial charge is 0.152 e. The topological polar surface area (TPSA) is 66.4 Å². The first-order valence-corrected chi connectivity index (χ1v) is 5.48. The van der Waals surface area contributed by atoms with Gasteiger partial charge in [-0.25, -0.2) is 8.42 Å². The van der Waals surface area contributed by atoms with Crippen LogP contribution in [0.4, 0.5) is 0 Å². The Morgan fingerprint density at radius 3 is 2.45 bits per heavy atom. The maximum atomic E-state index is 11.0. The summed E-state index contributed by atoms with van der Waals surface area (Å²) >= 11 is 0. The molecule has 0 aromatic carbocycles. The number of aliphatic hydroxyl groups excluding tert-OH is 1. The summed E-state index contributed by atoms with van der Waals surface area (Å²) in [7, 11) is -2.98. The molecular weight excluding hydrogens is 166 g/mol. The first-order chi connectivity index (χ1) is 5.14. The van der Waals surface area contributed by atoms with Crippen LogP contribution in [0, 0.1) is 5.92 Å². The zero-order valence-electron chi connectivity index (χ0n) is 6.28. The summed E-state index contributed by atoms with van der Waals surface area (Å²) in [6, 6.07) is 0. The molecule has 11 heavy (non-hydrogen) atoms. The number of rotatable bonds is 4. The molecule has 0 aromatic rings. The van der Waals surface area contributed by atoms with Crippen molar-refractivity contribution < 1.29 is 13.5 Å². The Hall–Kier alpha value is -0.130. The molecule has 4 nitrogen and oxygen atoms in total. The summed E-state index contributed by atoms with van der Waals surface area (Å²) in [5.41, 5.74) is 0. The number of hydrogen-bond donors (Lipinski definition) is 2. The highest BCUT2D eigenvalue weighted by Gasteiger charge is 2.23. The van der Waals surface area contributed by atoms with Gasteiger partial charge >= 0.3 is 0 Å². The van der Waals surface area contributed by atoms with Gasteiger partial charge in [0.2, 0.25) is 0 Å². The second kappa shape index (κ2) is 3.51. The van der Waals surface area contributed by atoms with Crippen LogP contribution < -0.4 is 5.32 Å². The summed E-state index contributed by atoms with van der Waals surface area (Å²) in [6.45, 7) is 1.33. The van der Waals surface area contributed by atoms with Crippen molar-refractivity contribution in [3.05, 3.63) is 0 Å². The van der Waals surface area contributed by atoms with E-state index in [-0.39, 0.29) is 24.0 Å². The van der Waals surface area contributed by atoms with E-state index >= 15 is 0 Å². The monoisotopic (exact) mass is 179 g/mol. The first kappa shape index (κ1) is 8.96. The fraction of sp³-hybridized carbons (Fsp3) is 1.00. The molecule has 0 unspecified atom stereocenters. The third kappa shape index (κ3) is 2.76. The van der Waals surface area contributed by atoms with Crippen LogP contribution >= 0.6 is 0 Å². The number of aliphatic hydroxyl groups is 1. The quantitative estimate of drug-likeness (QED) is 0.558. The molecule has 66 valence electrons. The van der Waals surface area contributed by atoms with Gasteiger partial charge in [0.25, 0.3) is 0 Å². The summed E-state index contributed by atoms with van der Waals surface area (Å²) in [4.78, 5) is 0. The average molecular weight is 179 g/mol. The maximum Gasteiger partial charge on any atom is 0.152 e. The standard InChI is InChI=1S/C6H13NO3S/c8-1-2-11(9,10)5-6-3-7-4-6/h6-8H,1-5H2. The van der Waals surface area contributed by atoms with E-state index in [1.807, 2.05) is 0 Å². The Balaban J connectivity index is 2.33. The second-order valence-electron chi connectivity index (χ2n) is 2.86. The lowest BCUT2D eigenvalue weighted by Gasteiger charge is -2.26. The van der Waals surface area contributed by atoms with Crippen LogP contribution in [0.2, 0.25) is 0 Å². The van der Waals surface area contributed by atoms with E-state index < -0.39 is 9.84 Å². The molecule has 0 saturated carbocycles. The highest BCUT2D eigenvalue weighted by atomic mass is 32.2. The molecule has 0 spiro atoms. The van der Waals surface area contributed by atoms with Gasteiger partial charge in [-0.2, -0.15) is 0 Å². The number of hydrogen-bond acceptors (Lipinski definition) is 4. The first-order valence-electron chi connectivity index (χ1n) is 3.66. The Morgan fingerprint density at radius 1 is 1.45 bits per heavy atom. The van der Waals surface area contributed by atoms with E-state index in [1.165, 1.54) is 0 Å². The van der Waals surface area contributed by atoms with Crippen LogP contribution in [0.5, 0.6) is 0 Å². The SMILES string of the molecule is O=S(=O)(CCO)CC1CNC1. The third-order valence-corrected chi connectivity index (χ3v) is 3.54. The summed E-state index contributed by atoms with van der Waals surface area (Å²) in [5.74, 6) is 0.399. The van der Waals surface area contributed by atoms with Gasteiger partial charge in [-0.15, -0.1) is 0 Å². The van der Waals surface area contributed by atoms with Gasteiger partial charge in [-0.1, -0.05) is 0 Å². The van der Waals surface area contributed by atoms with Gasteiger partial charge in [0.15, 0.2) is 9.84 Å². The fourth-order valence-electron chi connectivity index (χ4n) is 1.05. The van der Waals surface area contributed by atoms with Gasteiger partial charge in [0.05, 0.1) is 18.1 Å². The summed E-state index contributed by atoms with van der Waals surface area (Å²) in [5, 5.41) is 11.4. The molecule has 1 fully saturated rings. The molecule has 0 radical (unpaired) electrons. The van der Waals surface area contributed by atoms with E-state index in [9.17, 15) is 8.42 Å². The molecule has 1 aliphatic heterocycles. The van der Waals surface area contributed by atoms with E-state index in [4.69, 9.17) is 5.11 Å². The Bertz CT molecular complexity index is 208. The van der Waals surface area contributed by atoms with Gasteiger partial charge in [-0.3, -0.25) is 0 Å².